The van der Waals surface area contributed by atoms with Crippen molar-refractivity contribution < 1.29 is 64.0 Å². The van der Waals surface area contributed by atoms with Crippen LogP contribution in [0.1, 0.15) is 81.7 Å². The van der Waals surface area contributed by atoms with Crippen LogP contribution in [0.15, 0.2) is 23.3 Å². The number of ether oxygens (including phenoxy) is 3. The number of hydrogen-bond donors (Lipinski definition) is 8. The molecular formula is C31H35N3O13. The van der Waals surface area contributed by atoms with Crippen LogP contribution in [0.25, 0.3) is 0 Å². The zero-order valence-electron chi connectivity index (χ0n) is 25.4. The van der Waals surface area contributed by atoms with E-state index in [1.54, 1.807) is 6.92 Å². The fraction of sp³-hybridized carbons (Fsp3) is 0.452. The first kappa shape index (κ1) is 33.9. The number of benzene rings is 2. The van der Waals surface area contributed by atoms with Crippen LogP contribution in [-0.2, 0) is 25.5 Å². The number of amides is 1. The second kappa shape index (κ2) is 13.0. The molecular weight excluding hydrogens is 622 g/mol. The number of carbonyl (C=O) groups excluding carboxylic acids is 3. The summed E-state index contributed by atoms with van der Waals surface area (Å²) in [5.41, 5.74) is 3.95. The molecule has 47 heavy (non-hydrogen) atoms. The lowest BCUT2D eigenvalue weighted by Crippen LogP contribution is -2.53. The minimum Gasteiger partial charge on any atom is -0.507 e. The Labute approximate surface area is 267 Å². The van der Waals surface area contributed by atoms with Crippen LogP contribution in [0.3, 0.4) is 0 Å². The maximum absolute atomic E-state index is 13.8. The number of nitrogens with two attached hydrogens (primary N) is 1. The maximum atomic E-state index is 13.8. The van der Waals surface area contributed by atoms with Gasteiger partial charge in [0.25, 0.3) is 0 Å². The zero-order valence-corrected chi connectivity index (χ0v) is 25.4. The van der Waals surface area contributed by atoms with Crippen LogP contribution in [0, 0.1) is 0 Å². The van der Waals surface area contributed by atoms with Crippen LogP contribution < -0.4 is 15.9 Å². The number of phenols is 2. The van der Waals surface area contributed by atoms with E-state index in [1.165, 1.54) is 25.3 Å². The van der Waals surface area contributed by atoms with Crippen molar-refractivity contribution in [1.29, 1.82) is 0 Å². The van der Waals surface area contributed by atoms with E-state index < -0.39 is 120 Å². The Morgan fingerprint density at radius 1 is 1.13 bits per heavy atom. The predicted molar refractivity (Wildman–Crippen MR) is 159 cm³/mol. The lowest BCUT2D eigenvalue weighted by molar-refractivity contribution is -0.245. The summed E-state index contributed by atoms with van der Waals surface area (Å²) in [4.78, 5) is 50.6. The Morgan fingerprint density at radius 3 is 2.47 bits per heavy atom. The minimum absolute atomic E-state index is 0.0317. The van der Waals surface area contributed by atoms with Crippen molar-refractivity contribution in [2.75, 3.05) is 13.7 Å². The number of carboxylic acids is 1. The topological polar surface area (TPSA) is 268 Å². The van der Waals surface area contributed by atoms with E-state index in [4.69, 9.17) is 25.1 Å². The molecule has 2 aromatic carbocycles. The van der Waals surface area contributed by atoms with E-state index in [-0.39, 0.29) is 34.4 Å². The first-order valence-corrected chi connectivity index (χ1v) is 14.7. The summed E-state index contributed by atoms with van der Waals surface area (Å²) >= 11 is 0. The lowest BCUT2D eigenvalue weighted by atomic mass is 9.71. The monoisotopic (exact) mass is 657 g/mol. The molecule has 2 aromatic rings. The number of methoxy groups -OCH3 is 1. The first-order valence-electron chi connectivity index (χ1n) is 14.7. The fourth-order valence-corrected chi connectivity index (χ4v) is 6.30. The highest BCUT2D eigenvalue weighted by Gasteiger charge is 2.49. The molecule has 1 fully saturated rings. The summed E-state index contributed by atoms with van der Waals surface area (Å²) in [6.07, 6.45) is -6.37. The quantitative estimate of drug-likeness (QED) is 0.0839. The van der Waals surface area contributed by atoms with Gasteiger partial charge in [-0.1, -0.05) is 12.1 Å². The van der Waals surface area contributed by atoms with Crippen molar-refractivity contribution in [2.45, 2.75) is 75.3 Å². The Bertz CT molecular complexity index is 1660. The summed E-state index contributed by atoms with van der Waals surface area (Å²) in [5.74, 6) is -5.04. The zero-order chi connectivity index (χ0) is 34.4. The molecule has 16 heteroatoms. The van der Waals surface area contributed by atoms with E-state index in [0.29, 0.717) is 0 Å². The molecule has 9 N–H and O–H groups in total. The molecule has 2 aliphatic carbocycles. The van der Waals surface area contributed by atoms with Crippen molar-refractivity contribution in [3.05, 3.63) is 51.6 Å². The van der Waals surface area contributed by atoms with Crippen molar-refractivity contribution >= 4 is 29.2 Å². The van der Waals surface area contributed by atoms with Crippen molar-refractivity contribution in [1.82, 2.24) is 5.43 Å². The number of hydrogen-bond acceptors (Lipinski definition) is 14. The molecule has 0 aromatic heterocycles. The fourth-order valence-electron chi connectivity index (χ4n) is 6.30. The highest BCUT2D eigenvalue weighted by Crippen LogP contribution is 2.52. The number of nitrogens with zero attached hydrogens (tertiary/aromatic N) is 1. The molecule has 5 rings (SSSR count). The maximum Gasteiger partial charge on any atom is 0.303 e. The number of nitrogens with one attached hydrogen (secondary N) is 1. The second-order valence-corrected chi connectivity index (χ2v) is 11.7. The Balaban J connectivity index is 1.63. The minimum atomic E-state index is -2.20. The molecule has 0 bridgehead atoms. The SMILES string of the molecule is COc1cccc2c1C(=O)c1c(O)c3c(c(O)c1C2=O)C[C@@](O)(/C(CO)=N\NC(=O)CCC(=O)O)CC3OC1CC(N)C(O)C(C)O1. The number of fused-ring (bicyclic) bond motifs is 3. The number of aliphatic carboxylic acids is 1. The number of rotatable bonds is 9. The van der Waals surface area contributed by atoms with Gasteiger partial charge in [0, 0.05) is 48.4 Å². The van der Waals surface area contributed by atoms with Crippen molar-refractivity contribution in [3.63, 3.8) is 0 Å². The van der Waals surface area contributed by atoms with Gasteiger partial charge in [-0.3, -0.25) is 19.2 Å². The molecule has 6 atom stereocenters. The second-order valence-electron chi connectivity index (χ2n) is 11.7. The number of ketones is 2. The third kappa shape index (κ3) is 6.06. The number of aromatic hydroxyl groups is 2. The van der Waals surface area contributed by atoms with Gasteiger partial charge in [0.05, 0.1) is 60.9 Å². The van der Waals surface area contributed by atoms with Gasteiger partial charge < -0.3 is 50.6 Å². The third-order valence-corrected chi connectivity index (χ3v) is 8.71. The van der Waals surface area contributed by atoms with Crippen LogP contribution in [0.4, 0.5) is 0 Å². The number of hydrazone groups is 1. The number of phenolic OH excluding ortho intramolecular Hbond substituents is 2. The lowest BCUT2D eigenvalue weighted by Gasteiger charge is -2.43. The van der Waals surface area contributed by atoms with E-state index in [1.807, 2.05) is 0 Å². The average Bonchev–Trinajstić information content (AvgIpc) is 3.02. The molecule has 0 saturated carbocycles. The van der Waals surface area contributed by atoms with Gasteiger partial charge in [0.2, 0.25) is 11.7 Å². The number of carboxylic acid groups (broad SMARTS) is 1. The van der Waals surface area contributed by atoms with Crippen LogP contribution in [0.5, 0.6) is 17.2 Å². The Hall–Kier alpha value is -4.45. The summed E-state index contributed by atoms with van der Waals surface area (Å²) in [7, 11) is 1.31. The number of aliphatic hydroxyl groups excluding tert-OH is 2. The molecule has 1 aliphatic heterocycles. The number of aliphatic hydroxyl groups is 3. The van der Waals surface area contributed by atoms with E-state index in [2.05, 4.69) is 10.5 Å². The molecule has 3 aliphatic rings. The van der Waals surface area contributed by atoms with E-state index in [9.17, 15) is 44.7 Å². The summed E-state index contributed by atoms with van der Waals surface area (Å²) in [6.45, 7) is 0.637. The van der Waals surface area contributed by atoms with Crippen LogP contribution in [-0.4, -0.2) is 104 Å². The number of carbonyl (C=O) groups is 4. The van der Waals surface area contributed by atoms with Crippen LogP contribution in [0.2, 0.25) is 0 Å². The van der Waals surface area contributed by atoms with Gasteiger partial charge in [-0.2, -0.15) is 5.10 Å². The molecule has 0 radical (unpaired) electrons. The molecule has 1 heterocycles. The summed E-state index contributed by atoms with van der Waals surface area (Å²) in [5, 5.41) is 68.4. The standard InChI is InChI=1S/C31H35N3O13/c1-12-26(39)15(32)8-21(46-12)47-17-10-31(44,18(11-35)33-34-19(36)6-7-20(37)38)9-14-23(17)30(43)25-24(28(14)41)27(40)13-4-3-5-16(45-2)22(13)29(25)42/h3-5,12,15,17,21,26,35,39,41,43-44H,6-11,32H2,1-2H3,(H,34,36)(H,37,38)/b33-18-/t12?,15?,17?,21?,26?,31-/m0/s1. The predicted octanol–water partition coefficient (Wildman–Crippen LogP) is -0.231. The Morgan fingerprint density at radius 2 is 1.83 bits per heavy atom. The molecule has 16 nitrogen and oxygen atoms in total. The Kier molecular flexibility index (Phi) is 9.36. The summed E-state index contributed by atoms with van der Waals surface area (Å²) < 4.78 is 17.2. The van der Waals surface area contributed by atoms with Gasteiger partial charge in [-0.25, -0.2) is 5.43 Å². The smallest absolute Gasteiger partial charge is 0.303 e. The van der Waals surface area contributed by atoms with E-state index in [0.717, 1.165) is 0 Å². The highest BCUT2D eigenvalue weighted by atomic mass is 16.7. The molecule has 252 valence electrons. The molecule has 0 spiro atoms. The van der Waals surface area contributed by atoms with Gasteiger partial charge in [0.15, 0.2) is 12.1 Å². The van der Waals surface area contributed by atoms with Gasteiger partial charge in [-0.15, -0.1) is 0 Å². The van der Waals surface area contributed by atoms with Gasteiger partial charge >= 0.3 is 5.97 Å². The normalized spacial score (nSPS) is 27.0. The largest absolute Gasteiger partial charge is 0.507 e. The van der Waals surface area contributed by atoms with Crippen molar-refractivity contribution in [3.8, 4) is 17.2 Å². The summed E-state index contributed by atoms with van der Waals surface area (Å²) in [6, 6.07) is 3.52. The van der Waals surface area contributed by atoms with Gasteiger partial charge in [0.1, 0.15) is 22.8 Å². The van der Waals surface area contributed by atoms with E-state index >= 15 is 0 Å². The molecule has 5 unspecified atom stereocenters. The van der Waals surface area contributed by atoms with Crippen molar-refractivity contribution in [2.24, 2.45) is 10.8 Å². The third-order valence-electron chi connectivity index (χ3n) is 8.71. The van der Waals surface area contributed by atoms with Crippen LogP contribution >= 0.6 is 0 Å². The highest BCUT2D eigenvalue weighted by molar-refractivity contribution is 6.31. The molecule has 1 amide bonds. The molecule has 1 saturated heterocycles. The average molecular weight is 658 g/mol. The van der Waals surface area contributed by atoms with Gasteiger partial charge in [-0.05, 0) is 13.0 Å². The first-order chi connectivity index (χ1) is 22.2.